The van der Waals surface area contributed by atoms with E-state index in [0.717, 1.165) is 29.7 Å². The van der Waals surface area contributed by atoms with Crippen molar-refractivity contribution in [2.45, 2.75) is 30.8 Å². The van der Waals surface area contributed by atoms with Crippen LogP contribution in [-0.2, 0) is 22.1 Å². The number of benzene rings is 2. The maximum Gasteiger partial charge on any atom is 0.247 e. The molecule has 0 radical (unpaired) electrons. The average molecular weight is 513 g/mol. The van der Waals surface area contributed by atoms with Gasteiger partial charge in [0.25, 0.3) is 0 Å². The van der Waals surface area contributed by atoms with Gasteiger partial charge in [0.05, 0.1) is 29.8 Å². The Labute approximate surface area is 219 Å². The van der Waals surface area contributed by atoms with Gasteiger partial charge in [-0.3, -0.25) is 4.79 Å². The van der Waals surface area contributed by atoms with Gasteiger partial charge in [-0.1, -0.05) is 37.3 Å². The number of ether oxygens (including phenoxy) is 1. The van der Waals surface area contributed by atoms with Crippen LogP contribution < -0.4 is 16.4 Å². The fourth-order valence-corrected chi connectivity index (χ4v) is 5.42. The van der Waals surface area contributed by atoms with Gasteiger partial charge in [-0.25, -0.2) is 14.4 Å². The molecule has 4 N–H and O–H groups in total. The zero-order valence-electron chi connectivity index (χ0n) is 21.1. The highest BCUT2D eigenvalue weighted by Gasteiger charge is 2.44. The van der Waals surface area contributed by atoms with Crippen molar-refractivity contribution in [3.8, 4) is 22.4 Å². The lowest BCUT2D eigenvalue weighted by Crippen LogP contribution is -2.62. The standard InChI is InChI=1S/C29H29FN6O2/c1-3-23(37)34-19-10-7-17(8-11-19)26-24(25-27(31)32-16-33-28(25)36(26)2)18-9-12-21(22(30)13-18)29(14-38-15-29)35-20-5-4-6-20/h3,7-13,16,20,35H,1,4-6,14-15H2,2H3,(H,34,37)(H2,31,32,33). The highest BCUT2D eigenvalue weighted by molar-refractivity contribution is 6.08. The van der Waals surface area contributed by atoms with Crippen LogP contribution in [0.3, 0.4) is 0 Å². The molecule has 1 amide bonds. The second kappa shape index (κ2) is 9.34. The number of nitrogen functional groups attached to an aromatic ring is 1. The maximum absolute atomic E-state index is 15.9. The molecular weight excluding hydrogens is 483 g/mol. The highest BCUT2D eigenvalue weighted by Crippen LogP contribution is 2.43. The predicted octanol–water partition coefficient (Wildman–Crippen LogP) is 4.52. The first-order valence-corrected chi connectivity index (χ1v) is 12.7. The Hall–Kier alpha value is -4.08. The van der Waals surface area contributed by atoms with E-state index < -0.39 is 5.54 Å². The molecule has 2 aliphatic rings. The molecule has 0 bridgehead atoms. The molecule has 1 aliphatic carbocycles. The summed E-state index contributed by atoms with van der Waals surface area (Å²) in [7, 11) is 1.90. The second-order valence-corrected chi connectivity index (χ2v) is 10.1. The number of nitrogens with two attached hydrogens (primary N) is 1. The Morgan fingerprint density at radius 1 is 1.18 bits per heavy atom. The van der Waals surface area contributed by atoms with Crippen LogP contribution in [0.1, 0.15) is 24.8 Å². The van der Waals surface area contributed by atoms with E-state index in [1.807, 2.05) is 48.0 Å². The van der Waals surface area contributed by atoms with Crippen molar-refractivity contribution < 1.29 is 13.9 Å². The summed E-state index contributed by atoms with van der Waals surface area (Å²) < 4.78 is 23.3. The number of nitrogens with zero attached hydrogens (tertiary/aromatic N) is 3. The molecule has 3 heterocycles. The number of hydrogen-bond donors (Lipinski definition) is 3. The van der Waals surface area contributed by atoms with Crippen molar-refractivity contribution >= 4 is 28.4 Å². The number of carbonyl (C=O) groups is 1. The Bertz CT molecular complexity index is 1550. The van der Waals surface area contributed by atoms with Crippen LogP contribution in [0.15, 0.2) is 61.4 Å². The zero-order chi connectivity index (χ0) is 26.4. The molecule has 194 valence electrons. The SMILES string of the molecule is C=CC(=O)Nc1ccc(-c2c(-c3ccc(C4(NC5CCC5)COC4)c(F)c3)c3c(N)ncnc3n2C)cc1. The monoisotopic (exact) mass is 512 g/mol. The van der Waals surface area contributed by atoms with Crippen LogP contribution in [-0.4, -0.2) is 39.7 Å². The third kappa shape index (κ3) is 3.95. The summed E-state index contributed by atoms with van der Waals surface area (Å²) in [5, 5.41) is 7.06. The van der Waals surface area contributed by atoms with E-state index in [4.69, 9.17) is 10.5 Å². The summed E-state index contributed by atoms with van der Waals surface area (Å²) in [5.74, 6) is -0.261. The third-order valence-corrected chi connectivity index (χ3v) is 7.66. The number of amides is 1. The van der Waals surface area contributed by atoms with Crippen molar-refractivity contribution in [3.63, 3.8) is 0 Å². The van der Waals surface area contributed by atoms with Crippen molar-refractivity contribution in [1.82, 2.24) is 19.9 Å². The van der Waals surface area contributed by atoms with E-state index >= 15 is 4.39 Å². The Balaban J connectivity index is 1.46. The minimum absolute atomic E-state index is 0.289. The van der Waals surface area contributed by atoms with Gasteiger partial charge < -0.3 is 25.7 Å². The van der Waals surface area contributed by atoms with Gasteiger partial charge in [0, 0.05) is 29.9 Å². The van der Waals surface area contributed by atoms with Crippen LogP contribution in [0.2, 0.25) is 0 Å². The van der Waals surface area contributed by atoms with E-state index in [9.17, 15) is 4.79 Å². The number of rotatable bonds is 7. The van der Waals surface area contributed by atoms with Gasteiger partial charge in [-0.05, 0) is 48.2 Å². The summed E-state index contributed by atoms with van der Waals surface area (Å²) in [6.07, 6.45) is 6.06. The first-order valence-electron chi connectivity index (χ1n) is 12.7. The van der Waals surface area contributed by atoms with Gasteiger partial charge in [0.2, 0.25) is 5.91 Å². The lowest BCUT2D eigenvalue weighted by Gasteiger charge is -2.47. The molecule has 2 aromatic heterocycles. The molecule has 1 saturated carbocycles. The fraction of sp³-hybridized carbons (Fsp3) is 0.276. The lowest BCUT2D eigenvalue weighted by atomic mass is 9.82. The molecule has 0 atom stereocenters. The average Bonchev–Trinajstić information content (AvgIpc) is 3.17. The molecule has 2 fully saturated rings. The number of hydrogen-bond acceptors (Lipinski definition) is 6. The normalized spacial score (nSPS) is 16.6. The van der Waals surface area contributed by atoms with Crippen LogP contribution in [0.4, 0.5) is 15.9 Å². The van der Waals surface area contributed by atoms with E-state index in [1.165, 1.54) is 18.8 Å². The van der Waals surface area contributed by atoms with E-state index in [-0.39, 0.29) is 11.7 Å². The topological polar surface area (TPSA) is 107 Å². The number of halogens is 1. The number of carbonyl (C=O) groups excluding carboxylic acids is 1. The maximum atomic E-state index is 15.9. The van der Waals surface area contributed by atoms with Gasteiger partial charge in [-0.15, -0.1) is 0 Å². The van der Waals surface area contributed by atoms with Gasteiger partial charge in [-0.2, -0.15) is 0 Å². The Morgan fingerprint density at radius 3 is 2.53 bits per heavy atom. The van der Waals surface area contributed by atoms with Gasteiger partial charge in [0.15, 0.2) is 0 Å². The largest absolute Gasteiger partial charge is 0.383 e. The fourth-order valence-electron chi connectivity index (χ4n) is 5.42. The van der Waals surface area contributed by atoms with Crippen LogP contribution in [0.5, 0.6) is 0 Å². The number of fused-ring (bicyclic) bond motifs is 1. The number of anilines is 2. The molecule has 2 aromatic carbocycles. The summed E-state index contributed by atoms with van der Waals surface area (Å²) in [4.78, 5) is 20.4. The second-order valence-electron chi connectivity index (χ2n) is 10.1. The first-order chi connectivity index (χ1) is 18.4. The predicted molar refractivity (Wildman–Crippen MR) is 146 cm³/mol. The van der Waals surface area contributed by atoms with Crippen LogP contribution in [0.25, 0.3) is 33.4 Å². The van der Waals surface area contributed by atoms with Gasteiger partial charge >= 0.3 is 0 Å². The summed E-state index contributed by atoms with van der Waals surface area (Å²) in [5.41, 5.74) is 10.9. The summed E-state index contributed by atoms with van der Waals surface area (Å²) >= 11 is 0. The van der Waals surface area contributed by atoms with Gasteiger partial charge in [0.1, 0.15) is 23.6 Å². The molecule has 4 aromatic rings. The van der Waals surface area contributed by atoms with E-state index in [1.54, 1.807) is 6.07 Å². The molecular formula is C29H29FN6O2. The smallest absolute Gasteiger partial charge is 0.247 e. The minimum atomic E-state index is -0.497. The molecule has 38 heavy (non-hydrogen) atoms. The van der Waals surface area contributed by atoms with Crippen molar-refractivity contribution in [3.05, 3.63) is 72.8 Å². The van der Waals surface area contributed by atoms with Crippen LogP contribution in [0, 0.1) is 5.82 Å². The summed E-state index contributed by atoms with van der Waals surface area (Å²) in [6, 6.07) is 13.2. The van der Waals surface area contributed by atoms with Crippen molar-refractivity contribution in [2.24, 2.45) is 7.05 Å². The lowest BCUT2D eigenvalue weighted by molar-refractivity contribution is -0.111. The minimum Gasteiger partial charge on any atom is -0.383 e. The third-order valence-electron chi connectivity index (χ3n) is 7.66. The number of aromatic nitrogens is 3. The molecule has 1 aliphatic heterocycles. The molecule has 1 saturated heterocycles. The zero-order valence-corrected chi connectivity index (χ0v) is 21.1. The number of aryl methyl sites for hydroxylation is 1. The van der Waals surface area contributed by atoms with Crippen molar-refractivity contribution in [2.75, 3.05) is 24.3 Å². The first kappa shape index (κ1) is 24.3. The summed E-state index contributed by atoms with van der Waals surface area (Å²) in [6.45, 7) is 4.39. The van der Waals surface area contributed by atoms with E-state index in [0.29, 0.717) is 52.9 Å². The Morgan fingerprint density at radius 2 is 1.92 bits per heavy atom. The molecule has 0 spiro atoms. The van der Waals surface area contributed by atoms with Crippen molar-refractivity contribution in [1.29, 1.82) is 0 Å². The molecule has 9 heteroatoms. The molecule has 8 nitrogen and oxygen atoms in total. The van der Waals surface area contributed by atoms with Crippen LogP contribution >= 0.6 is 0 Å². The number of nitrogens with one attached hydrogen (secondary N) is 2. The molecule has 6 rings (SSSR count). The van der Waals surface area contributed by atoms with E-state index in [2.05, 4.69) is 27.2 Å². The molecule has 0 unspecified atom stereocenters. The quantitative estimate of drug-likeness (QED) is 0.315. The Kier molecular flexibility index (Phi) is 5.97. The highest BCUT2D eigenvalue weighted by atomic mass is 19.1.